The summed E-state index contributed by atoms with van der Waals surface area (Å²) in [5.41, 5.74) is 0.189. The second-order valence-corrected chi connectivity index (χ2v) is 4.13. The van der Waals surface area contributed by atoms with E-state index in [1.807, 2.05) is 0 Å². The zero-order valence-corrected chi connectivity index (χ0v) is 10.0. The topological polar surface area (TPSA) is 69.2 Å². The van der Waals surface area contributed by atoms with E-state index in [1.54, 1.807) is 6.07 Å². The van der Waals surface area contributed by atoms with Crippen molar-refractivity contribution in [2.24, 2.45) is 0 Å². The Labute approximate surface area is 103 Å². The van der Waals surface area contributed by atoms with Crippen molar-refractivity contribution in [1.29, 1.82) is 0 Å². The highest BCUT2D eigenvalue weighted by Crippen LogP contribution is 2.31. The van der Waals surface area contributed by atoms with E-state index in [9.17, 15) is 10.1 Å². The van der Waals surface area contributed by atoms with Gasteiger partial charge in [-0.2, -0.15) is 0 Å². The molecule has 0 aromatic carbocycles. The van der Waals surface area contributed by atoms with Gasteiger partial charge in [-0.15, -0.1) is 0 Å². The molecular formula is C9H4BrClN2O3. The molecule has 0 fully saturated rings. The predicted molar refractivity (Wildman–Crippen MR) is 61.3 cm³/mol. The van der Waals surface area contributed by atoms with Gasteiger partial charge in [0, 0.05) is 6.07 Å². The van der Waals surface area contributed by atoms with Crippen molar-refractivity contribution in [3.8, 4) is 11.5 Å². The highest BCUT2D eigenvalue weighted by atomic mass is 79.9. The van der Waals surface area contributed by atoms with Gasteiger partial charge in [0.25, 0.3) is 5.69 Å². The van der Waals surface area contributed by atoms with Gasteiger partial charge in [-0.1, -0.05) is 11.6 Å². The monoisotopic (exact) mass is 302 g/mol. The van der Waals surface area contributed by atoms with Crippen LogP contribution in [-0.4, -0.2) is 9.91 Å². The Kier molecular flexibility index (Phi) is 2.93. The number of furan rings is 1. The minimum atomic E-state index is -0.534. The molecule has 82 valence electrons. The molecule has 2 rings (SSSR count). The molecule has 0 N–H and O–H groups in total. The Hall–Kier alpha value is -1.40. The van der Waals surface area contributed by atoms with E-state index < -0.39 is 4.92 Å². The van der Waals surface area contributed by atoms with E-state index in [4.69, 9.17) is 16.0 Å². The van der Waals surface area contributed by atoms with Crippen molar-refractivity contribution in [2.75, 3.05) is 0 Å². The van der Waals surface area contributed by atoms with Crippen molar-refractivity contribution in [1.82, 2.24) is 4.98 Å². The number of nitrogens with zero attached hydrogens (tertiary/aromatic N) is 2. The van der Waals surface area contributed by atoms with Crippen molar-refractivity contribution in [3.63, 3.8) is 0 Å². The lowest BCUT2D eigenvalue weighted by atomic mass is 10.2. The summed E-state index contributed by atoms with van der Waals surface area (Å²) < 4.78 is 5.81. The summed E-state index contributed by atoms with van der Waals surface area (Å²) in [5, 5.41) is 10.7. The third kappa shape index (κ3) is 2.07. The predicted octanol–water partition coefficient (Wildman–Crippen LogP) is 3.67. The standard InChI is InChI=1S/C9H4BrClN2O3/c10-6-1-2-16-9(6)7-3-5(13(14)15)4-8(11)12-7/h1-4H. The van der Waals surface area contributed by atoms with Crippen LogP contribution in [0.4, 0.5) is 5.69 Å². The summed E-state index contributed by atoms with van der Waals surface area (Å²) >= 11 is 8.93. The minimum Gasteiger partial charge on any atom is -0.461 e. The number of aromatic nitrogens is 1. The average molecular weight is 303 g/mol. The Morgan fingerprint density at radius 2 is 2.25 bits per heavy atom. The van der Waals surface area contributed by atoms with Gasteiger partial charge in [-0.3, -0.25) is 10.1 Å². The van der Waals surface area contributed by atoms with E-state index in [2.05, 4.69) is 20.9 Å². The van der Waals surface area contributed by atoms with Crippen LogP contribution in [0.15, 0.2) is 33.4 Å². The number of hydrogen-bond acceptors (Lipinski definition) is 4. The van der Waals surface area contributed by atoms with Crippen LogP contribution in [0.1, 0.15) is 0 Å². The molecule has 0 atom stereocenters. The molecule has 16 heavy (non-hydrogen) atoms. The van der Waals surface area contributed by atoms with E-state index in [0.717, 1.165) is 0 Å². The van der Waals surface area contributed by atoms with E-state index in [0.29, 0.717) is 15.9 Å². The molecule has 0 saturated heterocycles. The number of hydrogen-bond donors (Lipinski definition) is 0. The first-order valence-electron chi connectivity index (χ1n) is 4.13. The smallest absolute Gasteiger partial charge is 0.274 e. The first-order chi connectivity index (χ1) is 7.58. The fourth-order valence-electron chi connectivity index (χ4n) is 1.18. The van der Waals surface area contributed by atoms with Crippen molar-refractivity contribution in [3.05, 3.63) is 44.2 Å². The maximum Gasteiger partial charge on any atom is 0.274 e. The maximum atomic E-state index is 10.6. The second-order valence-electron chi connectivity index (χ2n) is 2.89. The molecule has 0 aliphatic carbocycles. The van der Waals surface area contributed by atoms with Gasteiger partial charge in [-0.25, -0.2) is 4.98 Å². The SMILES string of the molecule is O=[N+]([O-])c1cc(Cl)nc(-c2occc2Br)c1. The van der Waals surface area contributed by atoms with Crippen LogP contribution in [0.2, 0.25) is 5.15 Å². The molecule has 0 unspecified atom stereocenters. The highest BCUT2D eigenvalue weighted by molar-refractivity contribution is 9.10. The second kappa shape index (κ2) is 4.23. The summed E-state index contributed by atoms with van der Waals surface area (Å²) in [7, 11) is 0. The lowest BCUT2D eigenvalue weighted by molar-refractivity contribution is -0.384. The van der Waals surface area contributed by atoms with E-state index >= 15 is 0 Å². The zero-order chi connectivity index (χ0) is 11.7. The third-order valence-corrected chi connectivity index (χ3v) is 2.66. The molecule has 0 saturated carbocycles. The van der Waals surface area contributed by atoms with Crippen LogP contribution < -0.4 is 0 Å². The molecule has 0 spiro atoms. The maximum absolute atomic E-state index is 10.6. The largest absolute Gasteiger partial charge is 0.461 e. The van der Waals surface area contributed by atoms with Gasteiger partial charge in [0.2, 0.25) is 0 Å². The molecule has 5 nitrogen and oxygen atoms in total. The van der Waals surface area contributed by atoms with Gasteiger partial charge in [0.1, 0.15) is 10.8 Å². The highest BCUT2D eigenvalue weighted by Gasteiger charge is 2.15. The van der Waals surface area contributed by atoms with Crippen LogP contribution in [0.25, 0.3) is 11.5 Å². The number of nitro groups is 1. The molecule has 0 amide bonds. The Morgan fingerprint density at radius 3 is 2.81 bits per heavy atom. The number of pyridine rings is 1. The molecule has 0 aliphatic heterocycles. The quantitative estimate of drug-likeness (QED) is 0.482. The lowest BCUT2D eigenvalue weighted by Crippen LogP contribution is -1.91. The van der Waals surface area contributed by atoms with Crippen LogP contribution in [0.3, 0.4) is 0 Å². The molecule has 0 bridgehead atoms. The Morgan fingerprint density at radius 1 is 1.50 bits per heavy atom. The Bertz CT molecular complexity index is 555. The zero-order valence-electron chi connectivity index (χ0n) is 7.68. The summed E-state index contributed by atoms with van der Waals surface area (Å²) in [6, 6.07) is 4.15. The van der Waals surface area contributed by atoms with Crippen molar-refractivity contribution >= 4 is 33.2 Å². The van der Waals surface area contributed by atoms with Gasteiger partial charge < -0.3 is 4.42 Å². The fourth-order valence-corrected chi connectivity index (χ4v) is 1.79. The van der Waals surface area contributed by atoms with Gasteiger partial charge in [0.15, 0.2) is 5.76 Å². The molecule has 2 aromatic heterocycles. The molecular weight excluding hydrogens is 299 g/mol. The molecule has 2 aromatic rings. The van der Waals surface area contributed by atoms with Crippen molar-refractivity contribution < 1.29 is 9.34 Å². The Balaban J connectivity index is 2.58. The first-order valence-corrected chi connectivity index (χ1v) is 5.30. The van der Waals surface area contributed by atoms with Crippen molar-refractivity contribution in [2.45, 2.75) is 0 Å². The lowest BCUT2D eigenvalue weighted by Gasteiger charge is -1.98. The van der Waals surface area contributed by atoms with Crippen LogP contribution in [0.5, 0.6) is 0 Å². The summed E-state index contributed by atoms with van der Waals surface area (Å²) in [5.74, 6) is 0.408. The van der Waals surface area contributed by atoms with Crippen LogP contribution in [-0.2, 0) is 0 Å². The van der Waals surface area contributed by atoms with Crippen LogP contribution >= 0.6 is 27.5 Å². The van der Waals surface area contributed by atoms with Gasteiger partial charge >= 0.3 is 0 Å². The summed E-state index contributed by atoms with van der Waals surface area (Å²) in [6.45, 7) is 0. The number of halogens is 2. The first kappa shape index (κ1) is 11.1. The van der Waals surface area contributed by atoms with Crippen LogP contribution in [0, 0.1) is 10.1 Å². The fraction of sp³-hybridized carbons (Fsp3) is 0. The summed E-state index contributed by atoms with van der Waals surface area (Å²) in [6.07, 6.45) is 1.45. The minimum absolute atomic E-state index is 0.0486. The summed E-state index contributed by atoms with van der Waals surface area (Å²) in [4.78, 5) is 14.1. The third-order valence-electron chi connectivity index (χ3n) is 1.84. The molecule has 0 radical (unpaired) electrons. The van der Waals surface area contributed by atoms with Gasteiger partial charge in [-0.05, 0) is 22.0 Å². The molecule has 2 heterocycles. The van der Waals surface area contributed by atoms with E-state index in [1.165, 1.54) is 18.4 Å². The normalized spacial score (nSPS) is 10.4. The van der Waals surface area contributed by atoms with Gasteiger partial charge in [0.05, 0.1) is 21.7 Å². The molecule has 0 aliphatic rings. The van der Waals surface area contributed by atoms with E-state index in [-0.39, 0.29) is 10.8 Å². The molecule has 7 heteroatoms. The number of rotatable bonds is 2. The average Bonchev–Trinajstić information content (AvgIpc) is 2.63.